The highest BCUT2D eigenvalue weighted by Crippen LogP contribution is 2.42. The largest absolute Gasteiger partial charge is 0.330 e. The van der Waals surface area contributed by atoms with Crippen LogP contribution in [0.1, 0.15) is 51.2 Å². The van der Waals surface area contributed by atoms with Crippen LogP contribution in [0.2, 0.25) is 0 Å². The first kappa shape index (κ1) is 23.7. The van der Waals surface area contributed by atoms with E-state index in [2.05, 4.69) is 27.6 Å². The number of benzene rings is 2. The van der Waals surface area contributed by atoms with Gasteiger partial charge < -0.3 is 25.8 Å². The highest BCUT2D eigenvalue weighted by Gasteiger charge is 2.45. The fourth-order valence-corrected chi connectivity index (χ4v) is 4.73. The smallest absolute Gasteiger partial charge is 0.319 e. The van der Waals surface area contributed by atoms with Crippen LogP contribution in [0, 0.1) is 0 Å². The summed E-state index contributed by atoms with van der Waals surface area (Å²) in [5, 5.41) is 12.7. The van der Waals surface area contributed by atoms with Crippen molar-refractivity contribution in [2.75, 3.05) is 31.3 Å². The van der Waals surface area contributed by atoms with Gasteiger partial charge in [0, 0.05) is 34.4 Å². The van der Waals surface area contributed by atoms with Crippen molar-refractivity contribution in [2.24, 2.45) is 6.98 Å². The molecule has 0 fully saturated rings. The number of hydrogen-bond donors (Lipinski definition) is 3. The summed E-state index contributed by atoms with van der Waals surface area (Å²) in [5.41, 5.74) is 1.39. The Morgan fingerprint density at radius 3 is 2.44 bits per heavy atom. The third kappa shape index (κ3) is 5.85. The first-order valence-corrected chi connectivity index (χ1v) is 12.5. The highest BCUT2D eigenvalue weighted by molar-refractivity contribution is 6.05. The number of nitrogens with one attached hydrogen (secondary N) is 3. The number of aromatic nitrogens is 2. The predicted octanol–water partition coefficient (Wildman–Crippen LogP) is 3.86. The van der Waals surface area contributed by atoms with E-state index in [1.807, 2.05) is 49.3 Å². The molecule has 0 saturated carbocycles. The lowest BCUT2D eigenvalue weighted by molar-refractivity contribution is -0.111. The van der Waals surface area contributed by atoms with E-state index in [4.69, 9.17) is 4.11 Å². The van der Waals surface area contributed by atoms with Crippen molar-refractivity contribution in [3.63, 3.8) is 0 Å². The second-order valence-electron chi connectivity index (χ2n) is 10.1. The minimum atomic E-state index is -2.65. The van der Waals surface area contributed by atoms with E-state index in [0.29, 0.717) is 23.5 Å². The molecule has 3 N–H and O–H groups in total. The van der Waals surface area contributed by atoms with Gasteiger partial charge in [-0.15, -0.1) is 0 Å². The minimum absolute atomic E-state index is 0.0376. The number of urea groups is 1. The van der Waals surface area contributed by atoms with Crippen LogP contribution in [0.15, 0.2) is 67.3 Å². The van der Waals surface area contributed by atoms with Gasteiger partial charge in [0.1, 0.15) is 0 Å². The SMILES string of the molecule is [2H]C([2H])([2H])n1nc(NC(=O)c2ccc(NC(=O)C=C)cc2)c2c1C(C)(C)N(C(=O)N[C@H](CN(C)C)c1ccccc1)C2. The lowest BCUT2D eigenvalue weighted by Crippen LogP contribution is -2.49. The van der Waals surface area contributed by atoms with Crippen molar-refractivity contribution in [3.8, 4) is 0 Å². The van der Waals surface area contributed by atoms with Gasteiger partial charge in [-0.05, 0) is 63.8 Å². The van der Waals surface area contributed by atoms with Crippen LogP contribution < -0.4 is 16.0 Å². The van der Waals surface area contributed by atoms with Gasteiger partial charge in [0.15, 0.2) is 5.82 Å². The molecule has 0 bridgehead atoms. The van der Waals surface area contributed by atoms with Gasteiger partial charge in [-0.1, -0.05) is 36.9 Å². The molecule has 3 aromatic rings. The Hall–Kier alpha value is -4.44. The summed E-state index contributed by atoms with van der Waals surface area (Å²) in [6.07, 6.45) is 1.14. The zero-order valence-electron chi connectivity index (χ0n) is 25.5. The lowest BCUT2D eigenvalue weighted by Gasteiger charge is -2.34. The molecule has 0 unspecified atom stereocenters. The Kier molecular flexibility index (Phi) is 6.75. The second kappa shape index (κ2) is 11.1. The molecule has 10 nitrogen and oxygen atoms in total. The fraction of sp³-hybridized carbons (Fsp3) is 0.310. The number of amides is 4. The summed E-state index contributed by atoms with van der Waals surface area (Å²) in [6, 6.07) is 15.1. The maximum Gasteiger partial charge on any atom is 0.319 e. The molecule has 1 aromatic heterocycles. The third-order valence-corrected chi connectivity index (χ3v) is 6.68. The van der Waals surface area contributed by atoms with E-state index in [1.54, 1.807) is 30.9 Å². The zero-order valence-corrected chi connectivity index (χ0v) is 22.5. The Labute approximate surface area is 232 Å². The van der Waals surface area contributed by atoms with Crippen LogP contribution in [-0.4, -0.2) is 58.1 Å². The van der Waals surface area contributed by atoms with Crippen LogP contribution in [0.25, 0.3) is 0 Å². The molecule has 204 valence electrons. The summed E-state index contributed by atoms with van der Waals surface area (Å²) in [4.78, 5) is 42.0. The van der Waals surface area contributed by atoms with Gasteiger partial charge in [-0.25, -0.2) is 4.79 Å². The van der Waals surface area contributed by atoms with E-state index in [1.165, 1.54) is 12.1 Å². The quantitative estimate of drug-likeness (QED) is 0.382. The number of anilines is 2. The maximum atomic E-state index is 13.7. The van der Waals surface area contributed by atoms with E-state index in [-0.39, 0.29) is 35.9 Å². The topological polar surface area (TPSA) is 112 Å². The van der Waals surface area contributed by atoms with Crippen molar-refractivity contribution in [1.29, 1.82) is 0 Å². The first-order chi connectivity index (χ1) is 19.7. The Bertz CT molecular complexity index is 1480. The molecule has 0 spiro atoms. The monoisotopic (exact) mass is 532 g/mol. The molecule has 0 aliphatic carbocycles. The number of carbonyl (C=O) groups excluding carboxylic acids is 3. The Balaban J connectivity index is 1.62. The summed E-state index contributed by atoms with van der Waals surface area (Å²) in [7, 11) is 3.84. The van der Waals surface area contributed by atoms with E-state index >= 15 is 0 Å². The van der Waals surface area contributed by atoms with Crippen LogP contribution in [0.5, 0.6) is 0 Å². The van der Waals surface area contributed by atoms with Crippen LogP contribution >= 0.6 is 0 Å². The molecule has 39 heavy (non-hydrogen) atoms. The standard InChI is InChI=1S/C29H35N7O3/c1-7-24(37)30-21-15-13-20(14-16-21)27(38)32-26-22-17-36(29(2,3)25(22)35(6)33-26)28(39)31-23(18-34(4)5)19-11-9-8-10-12-19/h7-16,23H,1,17-18H2,2-6H3,(H,30,37)(H,31,39)(H,32,33,38)/t23-/m1/s1/i6D3. The molecule has 10 heteroatoms. The molecule has 2 aromatic carbocycles. The summed E-state index contributed by atoms with van der Waals surface area (Å²) < 4.78 is 25.2. The molecule has 1 aliphatic heterocycles. The number of aryl methyl sites for hydroxylation is 1. The van der Waals surface area contributed by atoms with Crippen molar-refractivity contribution in [3.05, 3.63) is 89.6 Å². The van der Waals surface area contributed by atoms with E-state index in [9.17, 15) is 14.4 Å². The third-order valence-electron chi connectivity index (χ3n) is 6.68. The summed E-state index contributed by atoms with van der Waals surface area (Å²) in [6.45, 7) is 4.86. The number of rotatable bonds is 8. The number of carbonyl (C=O) groups is 3. The maximum absolute atomic E-state index is 13.7. The number of likely N-dealkylation sites (N-methyl/N-ethyl adjacent to an activating group) is 1. The summed E-state index contributed by atoms with van der Waals surface area (Å²) in [5.74, 6) is -0.845. The number of hydrogen-bond acceptors (Lipinski definition) is 5. The Morgan fingerprint density at radius 2 is 1.82 bits per heavy atom. The molecule has 4 rings (SSSR count). The van der Waals surface area contributed by atoms with Crippen molar-refractivity contribution >= 4 is 29.4 Å². The van der Waals surface area contributed by atoms with Gasteiger partial charge in [0.2, 0.25) is 5.91 Å². The average molecular weight is 533 g/mol. The molecular formula is C29H35N7O3. The van der Waals surface area contributed by atoms with E-state index < -0.39 is 18.4 Å². The summed E-state index contributed by atoms with van der Waals surface area (Å²) >= 11 is 0. The molecule has 0 saturated heterocycles. The van der Waals surface area contributed by atoms with Gasteiger partial charge in [-0.2, -0.15) is 5.10 Å². The van der Waals surface area contributed by atoms with Crippen LogP contribution in [0.4, 0.5) is 16.3 Å². The van der Waals surface area contributed by atoms with Crippen LogP contribution in [-0.2, 0) is 23.9 Å². The molecule has 0 radical (unpaired) electrons. The fourth-order valence-electron chi connectivity index (χ4n) is 4.73. The normalized spacial score (nSPS) is 15.9. The van der Waals surface area contributed by atoms with Gasteiger partial charge in [0.25, 0.3) is 5.91 Å². The number of nitrogens with zero attached hydrogens (tertiary/aromatic N) is 4. The first-order valence-electron chi connectivity index (χ1n) is 14.0. The molecular weight excluding hydrogens is 494 g/mol. The van der Waals surface area contributed by atoms with Gasteiger partial charge in [0.05, 0.1) is 23.8 Å². The van der Waals surface area contributed by atoms with Crippen molar-refractivity contribution in [1.82, 2.24) is 24.9 Å². The highest BCUT2D eigenvalue weighted by atomic mass is 16.2. The molecule has 1 atom stereocenters. The zero-order chi connectivity index (χ0) is 30.8. The van der Waals surface area contributed by atoms with Gasteiger partial charge in [-0.3, -0.25) is 14.3 Å². The van der Waals surface area contributed by atoms with Crippen LogP contribution in [0.3, 0.4) is 0 Å². The lowest BCUT2D eigenvalue weighted by atomic mass is 10.0. The number of fused-ring (bicyclic) bond motifs is 1. The molecule has 1 aliphatic rings. The molecule has 4 amide bonds. The van der Waals surface area contributed by atoms with Crippen molar-refractivity contribution in [2.45, 2.75) is 32.0 Å². The Morgan fingerprint density at radius 1 is 1.13 bits per heavy atom. The average Bonchev–Trinajstić information content (AvgIpc) is 3.43. The predicted molar refractivity (Wildman–Crippen MR) is 151 cm³/mol. The van der Waals surface area contributed by atoms with E-state index in [0.717, 1.165) is 16.3 Å². The van der Waals surface area contributed by atoms with Gasteiger partial charge >= 0.3 is 6.03 Å². The molecule has 2 heterocycles. The minimum Gasteiger partial charge on any atom is -0.330 e. The van der Waals surface area contributed by atoms with Crippen molar-refractivity contribution < 1.29 is 18.5 Å². The second-order valence-corrected chi connectivity index (χ2v) is 10.1.